The van der Waals surface area contributed by atoms with Crippen molar-refractivity contribution >= 4 is 33.2 Å². The summed E-state index contributed by atoms with van der Waals surface area (Å²) in [5.41, 5.74) is 2.10. The molecule has 0 saturated heterocycles. The normalized spacial score (nSPS) is 15.7. The Morgan fingerprint density at radius 1 is 1.31 bits per heavy atom. The Hall–Kier alpha value is -1.03. The molecule has 86 valence electrons. The van der Waals surface area contributed by atoms with Crippen LogP contribution in [-0.4, -0.2) is 25.5 Å². The first-order valence-electron chi connectivity index (χ1n) is 5.33. The molecule has 1 aromatic rings. The second-order valence-electron chi connectivity index (χ2n) is 4.31. The van der Waals surface area contributed by atoms with Crippen molar-refractivity contribution in [2.45, 2.75) is 19.9 Å². The highest BCUT2D eigenvalue weighted by molar-refractivity contribution is 9.10. The van der Waals surface area contributed by atoms with Crippen LogP contribution in [0.1, 0.15) is 13.8 Å². The van der Waals surface area contributed by atoms with E-state index in [1.807, 2.05) is 19.2 Å². The van der Waals surface area contributed by atoms with Crippen LogP contribution in [0.3, 0.4) is 0 Å². The maximum atomic E-state index is 11.9. The number of benzene rings is 1. The first-order chi connectivity index (χ1) is 7.50. The monoisotopic (exact) mass is 282 g/mol. The summed E-state index contributed by atoms with van der Waals surface area (Å²) in [4.78, 5) is 15.7. The van der Waals surface area contributed by atoms with Gasteiger partial charge in [-0.05, 0) is 32.0 Å². The molecule has 1 aliphatic heterocycles. The summed E-state index contributed by atoms with van der Waals surface area (Å²) in [6.07, 6.45) is 0. The molecule has 0 atom stereocenters. The van der Waals surface area contributed by atoms with Gasteiger partial charge in [0.1, 0.15) is 0 Å². The predicted octanol–water partition coefficient (Wildman–Crippen LogP) is 2.64. The third-order valence-electron chi connectivity index (χ3n) is 2.91. The second-order valence-corrected chi connectivity index (χ2v) is 5.22. The van der Waals surface area contributed by atoms with E-state index in [1.54, 1.807) is 4.90 Å². The average molecular weight is 283 g/mol. The summed E-state index contributed by atoms with van der Waals surface area (Å²) in [7, 11) is 1.82. The van der Waals surface area contributed by atoms with Gasteiger partial charge in [-0.2, -0.15) is 0 Å². The van der Waals surface area contributed by atoms with Crippen molar-refractivity contribution in [1.82, 2.24) is 0 Å². The van der Waals surface area contributed by atoms with Crippen molar-refractivity contribution in [1.29, 1.82) is 0 Å². The smallest absolute Gasteiger partial charge is 0.246 e. The Morgan fingerprint density at radius 3 is 2.62 bits per heavy atom. The molecule has 0 spiro atoms. The lowest BCUT2D eigenvalue weighted by atomic mass is 10.1. The number of hydrogen-bond donors (Lipinski definition) is 0. The lowest BCUT2D eigenvalue weighted by Crippen LogP contribution is -2.46. The molecular weight excluding hydrogens is 268 g/mol. The van der Waals surface area contributed by atoms with Crippen molar-refractivity contribution in [3.05, 3.63) is 22.7 Å². The molecule has 0 bridgehead atoms. The van der Waals surface area contributed by atoms with Gasteiger partial charge in [0, 0.05) is 17.6 Å². The molecule has 4 heteroatoms. The fraction of sp³-hybridized carbons (Fsp3) is 0.417. The van der Waals surface area contributed by atoms with E-state index >= 15 is 0 Å². The highest BCUT2D eigenvalue weighted by atomic mass is 79.9. The molecule has 0 aliphatic carbocycles. The summed E-state index contributed by atoms with van der Waals surface area (Å²) in [6, 6.07) is 6.39. The van der Waals surface area contributed by atoms with Crippen LogP contribution in [0.2, 0.25) is 0 Å². The average Bonchev–Trinajstić information content (AvgIpc) is 2.23. The Labute approximate surface area is 104 Å². The zero-order chi connectivity index (χ0) is 11.9. The lowest BCUT2D eigenvalue weighted by Gasteiger charge is -2.38. The number of amides is 1. The van der Waals surface area contributed by atoms with Gasteiger partial charge >= 0.3 is 0 Å². The SMILES string of the molecule is CC(C)N1CC(=O)N(C)c2cc(Br)ccc21. The molecule has 0 unspecified atom stereocenters. The van der Waals surface area contributed by atoms with E-state index in [-0.39, 0.29) is 5.91 Å². The number of nitrogens with zero attached hydrogens (tertiary/aromatic N) is 2. The van der Waals surface area contributed by atoms with E-state index in [0.29, 0.717) is 12.6 Å². The van der Waals surface area contributed by atoms with E-state index < -0.39 is 0 Å². The summed E-state index contributed by atoms with van der Waals surface area (Å²) in [5.74, 6) is 0.138. The van der Waals surface area contributed by atoms with Gasteiger partial charge in [-0.15, -0.1) is 0 Å². The first-order valence-corrected chi connectivity index (χ1v) is 6.12. The molecule has 1 amide bonds. The number of carbonyl (C=O) groups excluding carboxylic acids is 1. The van der Waals surface area contributed by atoms with Crippen LogP contribution in [0.5, 0.6) is 0 Å². The van der Waals surface area contributed by atoms with Gasteiger partial charge in [-0.3, -0.25) is 4.79 Å². The van der Waals surface area contributed by atoms with Gasteiger partial charge in [0.05, 0.1) is 17.9 Å². The molecule has 1 heterocycles. The molecule has 0 aromatic heterocycles. The van der Waals surface area contributed by atoms with E-state index in [9.17, 15) is 4.79 Å². The van der Waals surface area contributed by atoms with Crippen LogP contribution in [0.4, 0.5) is 11.4 Å². The highest BCUT2D eigenvalue weighted by Crippen LogP contribution is 2.35. The topological polar surface area (TPSA) is 23.6 Å². The Kier molecular flexibility index (Phi) is 2.93. The standard InChI is InChI=1S/C12H15BrN2O/c1-8(2)15-7-12(16)14(3)11-6-9(13)4-5-10(11)15/h4-6,8H,7H2,1-3H3. The summed E-state index contributed by atoms with van der Waals surface area (Å²) < 4.78 is 0.997. The van der Waals surface area contributed by atoms with Gasteiger partial charge in [0.2, 0.25) is 5.91 Å². The summed E-state index contributed by atoms with van der Waals surface area (Å²) >= 11 is 3.44. The lowest BCUT2D eigenvalue weighted by molar-refractivity contribution is -0.117. The third kappa shape index (κ3) is 1.82. The van der Waals surface area contributed by atoms with Crippen LogP contribution >= 0.6 is 15.9 Å². The van der Waals surface area contributed by atoms with Gasteiger partial charge in [-0.1, -0.05) is 15.9 Å². The highest BCUT2D eigenvalue weighted by Gasteiger charge is 2.27. The Balaban J connectivity index is 2.53. The number of rotatable bonds is 1. The Bertz CT molecular complexity index is 431. The maximum absolute atomic E-state index is 11.9. The fourth-order valence-corrected chi connectivity index (χ4v) is 2.29. The van der Waals surface area contributed by atoms with Gasteiger partial charge in [-0.25, -0.2) is 0 Å². The fourth-order valence-electron chi connectivity index (χ4n) is 1.94. The second kappa shape index (κ2) is 4.09. The Morgan fingerprint density at radius 2 is 2.00 bits per heavy atom. The van der Waals surface area contributed by atoms with Crippen LogP contribution in [-0.2, 0) is 4.79 Å². The van der Waals surface area contributed by atoms with Crippen molar-refractivity contribution in [2.75, 3.05) is 23.4 Å². The van der Waals surface area contributed by atoms with Crippen LogP contribution < -0.4 is 9.80 Å². The summed E-state index contributed by atoms with van der Waals surface area (Å²) in [6.45, 7) is 4.66. The van der Waals surface area contributed by atoms with Crippen LogP contribution in [0.25, 0.3) is 0 Å². The molecular formula is C12H15BrN2O. The minimum atomic E-state index is 0.138. The molecule has 16 heavy (non-hydrogen) atoms. The molecule has 3 nitrogen and oxygen atoms in total. The predicted molar refractivity (Wildman–Crippen MR) is 70.0 cm³/mol. The zero-order valence-corrected chi connectivity index (χ0v) is 11.3. The minimum absolute atomic E-state index is 0.138. The molecule has 0 fully saturated rings. The van der Waals surface area contributed by atoms with Crippen molar-refractivity contribution < 1.29 is 4.79 Å². The van der Waals surface area contributed by atoms with Gasteiger partial charge in [0.25, 0.3) is 0 Å². The number of halogens is 1. The number of fused-ring (bicyclic) bond motifs is 1. The largest absolute Gasteiger partial charge is 0.358 e. The molecule has 1 aromatic carbocycles. The van der Waals surface area contributed by atoms with Crippen LogP contribution in [0.15, 0.2) is 22.7 Å². The van der Waals surface area contributed by atoms with Crippen molar-refractivity contribution in [2.24, 2.45) is 0 Å². The molecule has 1 aliphatic rings. The van der Waals surface area contributed by atoms with Crippen molar-refractivity contribution in [3.8, 4) is 0 Å². The van der Waals surface area contributed by atoms with E-state index in [2.05, 4.69) is 40.7 Å². The first kappa shape index (κ1) is 11.5. The van der Waals surface area contributed by atoms with Crippen molar-refractivity contribution in [3.63, 3.8) is 0 Å². The van der Waals surface area contributed by atoms with E-state index in [1.165, 1.54) is 0 Å². The maximum Gasteiger partial charge on any atom is 0.246 e. The minimum Gasteiger partial charge on any atom is -0.358 e. The number of carbonyl (C=O) groups is 1. The summed E-state index contributed by atoms with van der Waals surface area (Å²) in [5, 5.41) is 0. The van der Waals surface area contributed by atoms with Crippen LogP contribution in [0, 0.1) is 0 Å². The molecule has 0 N–H and O–H groups in total. The van der Waals surface area contributed by atoms with E-state index in [0.717, 1.165) is 15.8 Å². The quantitative estimate of drug-likeness (QED) is 0.791. The number of hydrogen-bond acceptors (Lipinski definition) is 2. The number of anilines is 2. The zero-order valence-electron chi connectivity index (χ0n) is 9.70. The van der Waals surface area contributed by atoms with Gasteiger partial charge < -0.3 is 9.80 Å². The number of likely N-dealkylation sites (N-methyl/N-ethyl adjacent to an activating group) is 1. The molecule has 0 saturated carbocycles. The van der Waals surface area contributed by atoms with E-state index in [4.69, 9.17) is 0 Å². The molecule has 2 rings (SSSR count). The third-order valence-corrected chi connectivity index (χ3v) is 3.40. The molecule has 0 radical (unpaired) electrons. The van der Waals surface area contributed by atoms with Gasteiger partial charge in [0.15, 0.2) is 0 Å².